The Morgan fingerprint density at radius 2 is 1.94 bits per heavy atom. The van der Waals surface area contributed by atoms with Crippen molar-refractivity contribution in [1.82, 2.24) is 4.98 Å². The first-order valence-corrected chi connectivity index (χ1v) is 5.93. The highest BCUT2D eigenvalue weighted by Crippen LogP contribution is 2.27. The first-order valence-electron chi connectivity index (χ1n) is 5.55. The number of hydrogen-bond acceptors (Lipinski definition) is 2. The molecule has 0 saturated heterocycles. The summed E-state index contributed by atoms with van der Waals surface area (Å²) < 4.78 is 0. The molecule has 84 valence electrons. The quantitative estimate of drug-likeness (QED) is 0.805. The van der Waals surface area contributed by atoms with Gasteiger partial charge in [-0.1, -0.05) is 11.6 Å². The predicted octanol–water partition coefficient (Wildman–Crippen LogP) is 3.73. The monoisotopic (exact) mass is 234 g/mol. The summed E-state index contributed by atoms with van der Waals surface area (Å²) in [6.45, 7) is 6.28. The third-order valence-corrected chi connectivity index (χ3v) is 3.02. The molecule has 0 unspecified atom stereocenters. The molecule has 3 heteroatoms. The highest BCUT2D eigenvalue weighted by atomic mass is 35.5. The molecule has 0 atom stereocenters. The Morgan fingerprint density at radius 3 is 2.62 bits per heavy atom. The van der Waals surface area contributed by atoms with Crippen LogP contribution in [0.25, 0.3) is 10.9 Å². The van der Waals surface area contributed by atoms with Gasteiger partial charge >= 0.3 is 0 Å². The van der Waals surface area contributed by atoms with Gasteiger partial charge in [0.1, 0.15) is 0 Å². The minimum Gasteiger partial charge on any atom is -0.371 e. The maximum Gasteiger partial charge on any atom is 0.0723 e. The topological polar surface area (TPSA) is 16.1 Å². The molecular formula is C13H15ClN2. The number of rotatable bonds is 3. The highest BCUT2D eigenvalue weighted by Gasteiger charge is 2.07. The minimum atomic E-state index is 0.758. The van der Waals surface area contributed by atoms with E-state index in [4.69, 9.17) is 11.6 Å². The summed E-state index contributed by atoms with van der Waals surface area (Å²) in [4.78, 5) is 6.65. The van der Waals surface area contributed by atoms with Crippen molar-refractivity contribution in [2.24, 2.45) is 0 Å². The summed E-state index contributed by atoms with van der Waals surface area (Å²) in [5.41, 5.74) is 2.20. The summed E-state index contributed by atoms with van der Waals surface area (Å²) in [7, 11) is 0. The van der Waals surface area contributed by atoms with Crippen molar-refractivity contribution in [3.63, 3.8) is 0 Å². The van der Waals surface area contributed by atoms with Crippen molar-refractivity contribution in [3.05, 3.63) is 35.5 Å². The standard InChI is InChI=1S/C13H15ClN2/c1-3-16(4-2)13-7-8-15-12-6-5-10(14)9-11(12)13/h5-9H,3-4H2,1-2H3. The average Bonchev–Trinajstić information content (AvgIpc) is 2.31. The minimum absolute atomic E-state index is 0.758. The van der Waals surface area contributed by atoms with E-state index in [9.17, 15) is 0 Å². The Bertz CT molecular complexity index is 492. The van der Waals surface area contributed by atoms with Crippen LogP contribution in [0.15, 0.2) is 30.5 Å². The van der Waals surface area contributed by atoms with Gasteiger partial charge in [0.25, 0.3) is 0 Å². The Kier molecular flexibility index (Phi) is 3.30. The summed E-state index contributed by atoms with van der Waals surface area (Å²) >= 11 is 6.04. The first kappa shape index (κ1) is 11.2. The number of aromatic nitrogens is 1. The molecule has 0 aliphatic carbocycles. The zero-order valence-corrected chi connectivity index (χ0v) is 10.3. The van der Waals surface area contributed by atoms with Crippen LogP contribution in [0.1, 0.15) is 13.8 Å². The lowest BCUT2D eigenvalue weighted by molar-refractivity contribution is 0.870. The normalized spacial score (nSPS) is 10.7. The molecule has 0 amide bonds. The summed E-state index contributed by atoms with van der Waals surface area (Å²) in [5.74, 6) is 0. The molecule has 1 aromatic heterocycles. The maximum absolute atomic E-state index is 6.04. The van der Waals surface area contributed by atoms with Crippen LogP contribution in [0.4, 0.5) is 5.69 Å². The van der Waals surface area contributed by atoms with Crippen LogP contribution in [0.2, 0.25) is 5.02 Å². The number of anilines is 1. The van der Waals surface area contributed by atoms with Crippen molar-refractivity contribution in [2.75, 3.05) is 18.0 Å². The van der Waals surface area contributed by atoms with Crippen molar-refractivity contribution in [3.8, 4) is 0 Å². The number of halogens is 1. The molecule has 1 heterocycles. The van der Waals surface area contributed by atoms with Gasteiger partial charge < -0.3 is 4.90 Å². The molecule has 0 N–H and O–H groups in total. The first-order chi connectivity index (χ1) is 7.76. The van der Waals surface area contributed by atoms with Gasteiger partial charge in [-0.3, -0.25) is 4.98 Å². The fourth-order valence-electron chi connectivity index (χ4n) is 1.94. The Hall–Kier alpha value is -1.28. The largest absolute Gasteiger partial charge is 0.371 e. The predicted molar refractivity (Wildman–Crippen MR) is 70.3 cm³/mol. The Labute approximate surface area is 101 Å². The molecule has 0 radical (unpaired) electrons. The van der Waals surface area contributed by atoms with Crippen molar-refractivity contribution in [1.29, 1.82) is 0 Å². The third kappa shape index (κ3) is 1.98. The lowest BCUT2D eigenvalue weighted by Crippen LogP contribution is -2.22. The smallest absolute Gasteiger partial charge is 0.0723 e. The second-order valence-corrected chi connectivity index (χ2v) is 4.10. The van der Waals surface area contributed by atoms with Gasteiger partial charge in [0.2, 0.25) is 0 Å². The van der Waals surface area contributed by atoms with Crippen molar-refractivity contribution >= 4 is 28.2 Å². The molecule has 16 heavy (non-hydrogen) atoms. The molecule has 0 aliphatic heterocycles. The molecule has 1 aromatic carbocycles. The van der Waals surface area contributed by atoms with E-state index >= 15 is 0 Å². The second-order valence-electron chi connectivity index (χ2n) is 3.66. The van der Waals surface area contributed by atoms with E-state index in [1.165, 1.54) is 5.69 Å². The van der Waals surface area contributed by atoms with Gasteiger partial charge in [-0.25, -0.2) is 0 Å². The highest BCUT2D eigenvalue weighted by molar-refractivity contribution is 6.31. The molecule has 0 aliphatic rings. The number of pyridine rings is 1. The van der Waals surface area contributed by atoms with Crippen LogP contribution in [0.3, 0.4) is 0 Å². The van der Waals surface area contributed by atoms with E-state index in [-0.39, 0.29) is 0 Å². The number of fused-ring (bicyclic) bond motifs is 1. The lowest BCUT2D eigenvalue weighted by atomic mass is 10.1. The van der Waals surface area contributed by atoms with Crippen LogP contribution in [0.5, 0.6) is 0 Å². The lowest BCUT2D eigenvalue weighted by Gasteiger charge is -2.22. The van der Waals surface area contributed by atoms with Gasteiger partial charge in [0.05, 0.1) is 5.52 Å². The van der Waals surface area contributed by atoms with Gasteiger partial charge in [-0.05, 0) is 38.1 Å². The van der Waals surface area contributed by atoms with Crippen molar-refractivity contribution < 1.29 is 0 Å². The molecule has 2 nitrogen and oxygen atoms in total. The van der Waals surface area contributed by atoms with E-state index < -0.39 is 0 Å². The fraction of sp³-hybridized carbons (Fsp3) is 0.308. The summed E-state index contributed by atoms with van der Waals surface area (Å²) in [6.07, 6.45) is 1.85. The van der Waals surface area contributed by atoms with E-state index in [2.05, 4.69) is 23.7 Å². The molecule has 0 fully saturated rings. The van der Waals surface area contributed by atoms with Crippen LogP contribution in [0, 0.1) is 0 Å². The van der Waals surface area contributed by atoms with E-state index in [1.54, 1.807) is 0 Å². The van der Waals surface area contributed by atoms with Gasteiger partial charge in [-0.15, -0.1) is 0 Å². The van der Waals surface area contributed by atoms with Crippen LogP contribution in [-0.4, -0.2) is 18.1 Å². The third-order valence-electron chi connectivity index (χ3n) is 2.78. The SMILES string of the molecule is CCN(CC)c1ccnc2ccc(Cl)cc12. The Balaban J connectivity index is 2.64. The Morgan fingerprint density at radius 1 is 1.19 bits per heavy atom. The van der Waals surface area contributed by atoms with Crippen LogP contribution in [-0.2, 0) is 0 Å². The van der Waals surface area contributed by atoms with Gasteiger partial charge in [0, 0.05) is 35.4 Å². The average molecular weight is 235 g/mol. The number of benzene rings is 1. The molecule has 0 spiro atoms. The molecular weight excluding hydrogens is 220 g/mol. The zero-order valence-electron chi connectivity index (χ0n) is 9.57. The van der Waals surface area contributed by atoms with E-state index in [1.807, 2.05) is 30.5 Å². The van der Waals surface area contributed by atoms with Gasteiger partial charge in [0.15, 0.2) is 0 Å². The van der Waals surface area contributed by atoms with Gasteiger partial charge in [-0.2, -0.15) is 0 Å². The maximum atomic E-state index is 6.04. The molecule has 2 aromatic rings. The summed E-state index contributed by atoms with van der Waals surface area (Å²) in [5, 5.41) is 1.88. The van der Waals surface area contributed by atoms with Crippen LogP contribution >= 0.6 is 11.6 Å². The fourth-order valence-corrected chi connectivity index (χ4v) is 2.12. The molecule has 2 rings (SSSR count). The molecule has 0 saturated carbocycles. The zero-order chi connectivity index (χ0) is 11.5. The number of hydrogen-bond donors (Lipinski definition) is 0. The summed E-state index contributed by atoms with van der Waals surface area (Å²) in [6, 6.07) is 7.87. The van der Waals surface area contributed by atoms with E-state index in [0.717, 1.165) is 29.0 Å². The molecule has 0 bridgehead atoms. The number of nitrogens with zero attached hydrogens (tertiary/aromatic N) is 2. The van der Waals surface area contributed by atoms with Crippen molar-refractivity contribution in [2.45, 2.75) is 13.8 Å². The van der Waals surface area contributed by atoms with Crippen LogP contribution < -0.4 is 4.90 Å². The second kappa shape index (κ2) is 4.71. The van der Waals surface area contributed by atoms with E-state index in [0.29, 0.717) is 0 Å².